The number of amides is 1. The average molecular weight is 277 g/mol. The van der Waals surface area contributed by atoms with Crippen molar-refractivity contribution >= 4 is 11.7 Å². The Bertz CT molecular complexity index is 450. The standard InChI is InChI=1S/C15H23N3O2/c1-3-8-16-14-6-4-5-13(17-14)15(19)18-9-7-12(10-18)11-20-2/h4-6,12H,3,7-11H2,1-2H3,(H,16,17). The third kappa shape index (κ3) is 3.70. The first kappa shape index (κ1) is 14.8. The van der Waals surface area contributed by atoms with Gasteiger partial charge in [-0.2, -0.15) is 0 Å². The molecule has 1 aromatic rings. The van der Waals surface area contributed by atoms with Crippen LogP contribution in [0.2, 0.25) is 0 Å². The van der Waals surface area contributed by atoms with Crippen molar-refractivity contribution in [2.75, 3.05) is 38.7 Å². The number of hydrogen-bond donors (Lipinski definition) is 1. The molecule has 0 aromatic carbocycles. The number of pyridine rings is 1. The van der Waals surface area contributed by atoms with Gasteiger partial charge in [0, 0.05) is 32.7 Å². The second-order valence-corrected chi connectivity index (χ2v) is 5.20. The van der Waals surface area contributed by atoms with Crippen molar-refractivity contribution in [3.8, 4) is 0 Å². The lowest BCUT2D eigenvalue weighted by molar-refractivity contribution is 0.0770. The molecule has 0 radical (unpaired) electrons. The Morgan fingerprint density at radius 1 is 1.55 bits per heavy atom. The van der Waals surface area contributed by atoms with Crippen LogP contribution >= 0.6 is 0 Å². The van der Waals surface area contributed by atoms with Gasteiger partial charge in [0.2, 0.25) is 0 Å². The summed E-state index contributed by atoms with van der Waals surface area (Å²) in [5, 5.41) is 3.21. The zero-order chi connectivity index (χ0) is 14.4. The van der Waals surface area contributed by atoms with Crippen LogP contribution in [0.15, 0.2) is 18.2 Å². The van der Waals surface area contributed by atoms with E-state index in [0.29, 0.717) is 11.6 Å². The van der Waals surface area contributed by atoms with Crippen LogP contribution in [-0.2, 0) is 4.74 Å². The molecule has 1 fully saturated rings. The van der Waals surface area contributed by atoms with Crippen LogP contribution in [0.3, 0.4) is 0 Å². The van der Waals surface area contributed by atoms with Gasteiger partial charge in [-0.05, 0) is 25.0 Å². The van der Waals surface area contributed by atoms with Crippen LogP contribution in [-0.4, -0.2) is 49.1 Å². The zero-order valence-corrected chi connectivity index (χ0v) is 12.3. The van der Waals surface area contributed by atoms with Gasteiger partial charge in [-0.3, -0.25) is 4.79 Å². The molecule has 1 amide bonds. The van der Waals surface area contributed by atoms with Crippen molar-refractivity contribution in [1.29, 1.82) is 0 Å². The summed E-state index contributed by atoms with van der Waals surface area (Å²) in [6.45, 7) is 5.24. The lowest BCUT2D eigenvalue weighted by Crippen LogP contribution is -2.30. The van der Waals surface area contributed by atoms with E-state index in [0.717, 1.165) is 44.9 Å². The minimum atomic E-state index is 0.0174. The third-order valence-electron chi connectivity index (χ3n) is 3.50. The van der Waals surface area contributed by atoms with Gasteiger partial charge in [-0.1, -0.05) is 13.0 Å². The van der Waals surface area contributed by atoms with Gasteiger partial charge in [-0.15, -0.1) is 0 Å². The minimum Gasteiger partial charge on any atom is -0.384 e. The van der Waals surface area contributed by atoms with E-state index >= 15 is 0 Å². The molecule has 2 heterocycles. The summed E-state index contributed by atoms with van der Waals surface area (Å²) >= 11 is 0. The van der Waals surface area contributed by atoms with Crippen molar-refractivity contribution in [3.63, 3.8) is 0 Å². The van der Waals surface area contributed by atoms with Crippen molar-refractivity contribution in [1.82, 2.24) is 9.88 Å². The van der Waals surface area contributed by atoms with Gasteiger partial charge >= 0.3 is 0 Å². The molecule has 20 heavy (non-hydrogen) atoms. The minimum absolute atomic E-state index is 0.0174. The first-order chi connectivity index (χ1) is 9.74. The van der Waals surface area contributed by atoms with Crippen LogP contribution in [0.25, 0.3) is 0 Å². The van der Waals surface area contributed by atoms with Gasteiger partial charge in [0.05, 0.1) is 6.61 Å². The van der Waals surface area contributed by atoms with E-state index in [4.69, 9.17) is 4.74 Å². The number of ether oxygens (including phenoxy) is 1. The first-order valence-electron chi connectivity index (χ1n) is 7.23. The van der Waals surface area contributed by atoms with E-state index in [2.05, 4.69) is 17.2 Å². The molecule has 1 N–H and O–H groups in total. The molecule has 1 aliphatic heterocycles. The number of rotatable bonds is 6. The van der Waals surface area contributed by atoms with Crippen LogP contribution in [0.4, 0.5) is 5.82 Å². The topological polar surface area (TPSA) is 54.5 Å². The highest BCUT2D eigenvalue weighted by atomic mass is 16.5. The number of anilines is 1. The number of methoxy groups -OCH3 is 1. The maximum absolute atomic E-state index is 12.4. The number of carbonyl (C=O) groups is 1. The predicted molar refractivity (Wildman–Crippen MR) is 78.9 cm³/mol. The van der Waals surface area contributed by atoms with Crippen LogP contribution in [0, 0.1) is 5.92 Å². The lowest BCUT2D eigenvalue weighted by atomic mass is 10.1. The van der Waals surface area contributed by atoms with Gasteiger partial charge < -0.3 is 15.0 Å². The Morgan fingerprint density at radius 2 is 2.40 bits per heavy atom. The number of aromatic nitrogens is 1. The largest absolute Gasteiger partial charge is 0.384 e. The molecule has 1 aromatic heterocycles. The second kappa shape index (κ2) is 7.24. The SMILES string of the molecule is CCCNc1cccc(C(=O)N2CCC(COC)C2)n1. The molecule has 0 saturated carbocycles. The van der Waals surface area contributed by atoms with Crippen molar-refractivity contribution in [2.45, 2.75) is 19.8 Å². The highest BCUT2D eigenvalue weighted by molar-refractivity contribution is 5.92. The molecule has 1 unspecified atom stereocenters. The molecule has 5 nitrogen and oxygen atoms in total. The molecule has 1 atom stereocenters. The van der Waals surface area contributed by atoms with E-state index in [-0.39, 0.29) is 5.91 Å². The monoisotopic (exact) mass is 277 g/mol. The molecule has 1 saturated heterocycles. The molecular weight excluding hydrogens is 254 g/mol. The highest BCUT2D eigenvalue weighted by Gasteiger charge is 2.27. The van der Waals surface area contributed by atoms with E-state index in [1.54, 1.807) is 13.2 Å². The Balaban J connectivity index is 1.98. The number of hydrogen-bond acceptors (Lipinski definition) is 4. The molecule has 5 heteroatoms. The Kier molecular flexibility index (Phi) is 5.35. The number of carbonyl (C=O) groups excluding carboxylic acids is 1. The molecular formula is C15H23N3O2. The van der Waals surface area contributed by atoms with Gasteiger partial charge in [0.25, 0.3) is 5.91 Å². The Labute approximate surface area is 120 Å². The fourth-order valence-electron chi connectivity index (χ4n) is 2.46. The van der Waals surface area contributed by atoms with Gasteiger partial charge in [-0.25, -0.2) is 4.98 Å². The van der Waals surface area contributed by atoms with E-state index in [1.165, 1.54) is 0 Å². The van der Waals surface area contributed by atoms with Crippen LogP contribution in [0.5, 0.6) is 0 Å². The summed E-state index contributed by atoms with van der Waals surface area (Å²) in [6, 6.07) is 5.55. The quantitative estimate of drug-likeness (QED) is 0.864. The average Bonchev–Trinajstić information content (AvgIpc) is 2.93. The predicted octanol–water partition coefficient (Wildman–Crippen LogP) is 2.01. The van der Waals surface area contributed by atoms with Crippen LogP contribution < -0.4 is 5.32 Å². The van der Waals surface area contributed by atoms with Crippen molar-refractivity contribution in [2.24, 2.45) is 5.92 Å². The summed E-state index contributed by atoms with van der Waals surface area (Å²) < 4.78 is 5.16. The third-order valence-corrected chi connectivity index (χ3v) is 3.50. The molecule has 0 aliphatic carbocycles. The first-order valence-corrected chi connectivity index (χ1v) is 7.23. The van der Waals surface area contributed by atoms with Crippen molar-refractivity contribution < 1.29 is 9.53 Å². The summed E-state index contributed by atoms with van der Waals surface area (Å²) in [7, 11) is 1.70. The molecule has 110 valence electrons. The van der Waals surface area contributed by atoms with Gasteiger partial charge in [0.1, 0.15) is 11.5 Å². The number of nitrogens with one attached hydrogen (secondary N) is 1. The summed E-state index contributed by atoms with van der Waals surface area (Å²) in [4.78, 5) is 18.7. The van der Waals surface area contributed by atoms with Crippen molar-refractivity contribution in [3.05, 3.63) is 23.9 Å². The normalized spacial score (nSPS) is 18.3. The summed E-state index contributed by atoms with van der Waals surface area (Å²) in [5.41, 5.74) is 0.518. The maximum Gasteiger partial charge on any atom is 0.272 e. The summed E-state index contributed by atoms with van der Waals surface area (Å²) in [5.74, 6) is 1.24. The second-order valence-electron chi connectivity index (χ2n) is 5.20. The van der Waals surface area contributed by atoms with E-state index in [9.17, 15) is 4.79 Å². The molecule has 2 rings (SSSR count). The zero-order valence-electron chi connectivity index (χ0n) is 12.3. The van der Waals surface area contributed by atoms with Crippen LogP contribution in [0.1, 0.15) is 30.3 Å². The fraction of sp³-hybridized carbons (Fsp3) is 0.600. The van der Waals surface area contributed by atoms with E-state index in [1.807, 2.05) is 17.0 Å². The smallest absolute Gasteiger partial charge is 0.272 e. The highest BCUT2D eigenvalue weighted by Crippen LogP contribution is 2.18. The fourth-order valence-corrected chi connectivity index (χ4v) is 2.46. The Morgan fingerprint density at radius 3 is 3.15 bits per heavy atom. The molecule has 1 aliphatic rings. The maximum atomic E-state index is 12.4. The lowest BCUT2D eigenvalue weighted by Gasteiger charge is -2.16. The van der Waals surface area contributed by atoms with E-state index < -0.39 is 0 Å². The van der Waals surface area contributed by atoms with Gasteiger partial charge in [0.15, 0.2) is 0 Å². The molecule has 0 spiro atoms. The summed E-state index contributed by atoms with van der Waals surface area (Å²) in [6.07, 6.45) is 2.04. The molecule has 0 bridgehead atoms. The number of nitrogens with zero attached hydrogens (tertiary/aromatic N) is 2. The number of likely N-dealkylation sites (tertiary alicyclic amines) is 1. The Hall–Kier alpha value is -1.62.